The average Bonchev–Trinajstić information content (AvgIpc) is 3.02. The van der Waals surface area contributed by atoms with Crippen molar-refractivity contribution in [1.82, 2.24) is 10.6 Å². The van der Waals surface area contributed by atoms with E-state index in [2.05, 4.69) is 31.4 Å². The summed E-state index contributed by atoms with van der Waals surface area (Å²) in [6.45, 7) is 9.26. The van der Waals surface area contributed by atoms with Gasteiger partial charge in [-0.3, -0.25) is 4.79 Å². The lowest BCUT2D eigenvalue weighted by Crippen LogP contribution is -2.47. The highest BCUT2D eigenvalue weighted by atomic mass is 16.2. The van der Waals surface area contributed by atoms with E-state index in [0.29, 0.717) is 11.8 Å². The maximum Gasteiger partial charge on any atom is 0.227 e. The Labute approximate surface area is 105 Å². The summed E-state index contributed by atoms with van der Waals surface area (Å²) >= 11 is 0. The summed E-state index contributed by atoms with van der Waals surface area (Å²) < 4.78 is 0. The van der Waals surface area contributed by atoms with Crippen molar-refractivity contribution in [3.8, 4) is 0 Å². The van der Waals surface area contributed by atoms with E-state index in [1.54, 1.807) is 0 Å². The fourth-order valence-electron chi connectivity index (χ4n) is 2.92. The van der Waals surface area contributed by atoms with Gasteiger partial charge in [0.15, 0.2) is 0 Å². The van der Waals surface area contributed by atoms with Gasteiger partial charge in [-0.15, -0.1) is 0 Å². The molecule has 1 aliphatic heterocycles. The minimum Gasteiger partial charge on any atom is -0.355 e. The van der Waals surface area contributed by atoms with Gasteiger partial charge in [-0.25, -0.2) is 0 Å². The molecule has 98 valence electrons. The molecule has 2 aliphatic rings. The number of carbonyl (C=O) groups excluding carboxylic acids is 1. The average molecular weight is 238 g/mol. The fraction of sp³-hybridized carbons (Fsp3) is 0.929. The van der Waals surface area contributed by atoms with Gasteiger partial charge in [0.1, 0.15) is 0 Å². The number of hydrogen-bond acceptors (Lipinski definition) is 2. The summed E-state index contributed by atoms with van der Waals surface area (Å²) in [6.07, 6.45) is 3.69. The summed E-state index contributed by atoms with van der Waals surface area (Å²) in [5, 5.41) is 6.53. The van der Waals surface area contributed by atoms with E-state index in [9.17, 15) is 4.79 Å². The normalized spacial score (nSPS) is 30.6. The SMILES string of the molecule is CC(CNC(=O)C1(C(C)C)CCNC1)C1CC1. The molecule has 2 N–H and O–H groups in total. The van der Waals surface area contributed by atoms with Crippen LogP contribution in [0.2, 0.25) is 0 Å². The van der Waals surface area contributed by atoms with Gasteiger partial charge in [-0.1, -0.05) is 20.8 Å². The lowest BCUT2D eigenvalue weighted by Gasteiger charge is -2.31. The standard InChI is InChI=1S/C14H26N2O/c1-10(2)14(6-7-15-9-14)13(17)16-8-11(3)12-4-5-12/h10-12,15H,4-9H2,1-3H3,(H,16,17). The zero-order valence-corrected chi connectivity index (χ0v) is 11.4. The summed E-state index contributed by atoms with van der Waals surface area (Å²) in [6, 6.07) is 0. The van der Waals surface area contributed by atoms with Gasteiger partial charge in [0.25, 0.3) is 0 Å². The topological polar surface area (TPSA) is 41.1 Å². The van der Waals surface area contributed by atoms with Crippen LogP contribution in [0.1, 0.15) is 40.0 Å². The van der Waals surface area contributed by atoms with Crippen LogP contribution in [0.25, 0.3) is 0 Å². The van der Waals surface area contributed by atoms with Crippen molar-refractivity contribution < 1.29 is 4.79 Å². The van der Waals surface area contributed by atoms with Crippen molar-refractivity contribution >= 4 is 5.91 Å². The Morgan fingerprint density at radius 1 is 1.41 bits per heavy atom. The molecule has 0 spiro atoms. The third kappa shape index (κ3) is 2.65. The first kappa shape index (κ1) is 12.9. The zero-order valence-electron chi connectivity index (χ0n) is 11.4. The number of amides is 1. The van der Waals surface area contributed by atoms with Crippen molar-refractivity contribution in [2.45, 2.75) is 40.0 Å². The smallest absolute Gasteiger partial charge is 0.227 e. The maximum absolute atomic E-state index is 12.4. The first-order valence-corrected chi connectivity index (χ1v) is 7.05. The van der Waals surface area contributed by atoms with E-state index in [0.717, 1.165) is 32.0 Å². The molecule has 0 aromatic carbocycles. The van der Waals surface area contributed by atoms with Gasteiger partial charge in [0.2, 0.25) is 5.91 Å². The minimum absolute atomic E-state index is 0.163. The lowest BCUT2D eigenvalue weighted by atomic mass is 9.75. The fourth-order valence-corrected chi connectivity index (χ4v) is 2.92. The second-order valence-corrected chi connectivity index (χ2v) is 6.26. The predicted molar refractivity (Wildman–Crippen MR) is 69.7 cm³/mol. The molecule has 0 bridgehead atoms. The first-order chi connectivity index (χ1) is 8.06. The van der Waals surface area contributed by atoms with Crippen LogP contribution in [-0.4, -0.2) is 25.5 Å². The Morgan fingerprint density at radius 3 is 2.59 bits per heavy atom. The van der Waals surface area contributed by atoms with E-state index < -0.39 is 0 Å². The quantitative estimate of drug-likeness (QED) is 0.766. The van der Waals surface area contributed by atoms with Gasteiger partial charge in [-0.05, 0) is 43.6 Å². The van der Waals surface area contributed by atoms with Gasteiger partial charge in [0.05, 0.1) is 5.41 Å². The van der Waals surface area contributed by atoms with Crippen molar-refractivity contribution in [2.75, 3.05) is 19.6 Å². The molecule has 1 aliphatic carbocycles. The molecule has 17 heavy (non-hydrogen) atoms. The van der Waals surface area contributed by atoms with Gasteiger partial charge in [-0.2, -0.15) is 0 Å². The van der Waals surface area contributed by atoms with Crippen LogP contribution in [0, 0.1) is 23.2 Å². The first-order valence-electron chi connectivity index (χ1n) is 7.05. The maximum atomic E-state index is 12.4. The monoisotopic (exact) mass is 238 g/mol. The van der Waals surface area contributed by atoms with E-state index in [4.69, 9.17) is 0 Å². The Balaban J connectivity index is 1.88. The molecule has 3 heteroatoms. The van der Waals surface area contributed by atoms with Crippen molar-refractivity contribution in [3.63, 3.8) is 0 Å². The van der Waals surface area contributed by atoms with E-state index in [-0.39, 0.29) is 11.3 Å². The van der Waals surface area contributed by atoms with Gasteiger partial charge in [0, 0.05) is 13.1 Å². The molecule has 1 saturated heterocycles. The van der Waals surface area contributed by atoms with Crippen molar-refractivity contribution in [3.05, 3.63) is 0 Å². The number of nitrogens with one attached hydrogen (secondary N) is 2. The van der Waals surface area contributed by atoms with Gasteiger partial charge < -0.3 is 10.6 Å². The molecule has 3 nitrogen and oxygen atoms in total. The van der Waals surface area contributed by atoms with Crippen molar-refractivity contribution in [2.24, 2.45) is 23.2 Å². The van der Waals surface area contributed by atoms with Crippen LogP contribution in [0.5, 0.6) is 0 Å². The van der Waals surface area contributed by atoms with E-state index >= 15 is 0 Å². The highest BCUT2D eigenvalue weighted by Crippen LogP contribution is 2.37. The van der Waals surface area contributed by atoms with Crippen molar-refractivity contribution in [1.29, 1.82) is 0 Å². The number of carbonyl (C=O) groups is 1. The molecule has 0 aromatic heterocycles. The Hall–Kier alpha value is -0.570. The molecular weight excluding hydrogens is 212 g/mol. The van der Waals surface area contributed by atoms with Crippen LogP contribution in [0.15, 0.2) is 0 Å². The van der Waals surface area contributed by atoms with Crippen LogP contribution in [0.3, 0.4) is 0 Å². The third-order valence-electron chi connectivity index (χ3n) is 4.76. The molecule has 1 heterocycles. The minimum atomic E-state index is -0.163. The van der Waals surface area contributed by atoms with Crippen LogP contribution >= 0.6 is 0 Å². The highest BCUT2D eigenvalue weighted by molar-refractivity contribution is 5.83. The third-order valence-corrected chi connectivity index (χ3v) is 4.76. The molecule has 2 atom stereocenters. The predicted octanol–water partition coefficient (Wildman–Crippen LogP) is 1.78. The van der Waals surface area contributed by atoms with Gasteiger partial charge >= 0.3 is 0 Å². The largest absolute Gasteiger partial charge is 0.355 e. The van der Waals surface area contributed by atoms with E-state index in [1.165, 1.54) is 12.8 Å². The summed E-state index contributed by atoms with van der Waals surface area (Å²) in [5.74, 6) is 2.20. The molecule has 2 fully saturated rings. The zero-order chi connectivity index (χ0) is 12.5. The molecule has 2 rings (SSSR count). The van der Waals surface area contributed by atoms with Crippen LogP contribution < -0.4 is 10.6 Å². The summed E-state index contributed by atoms with van der Waals surface area (Å²) in [4.78, 5) is 12.4. The molecule has 0 radical (unpaired) electrons. The molecule has 1 saturated carbocycles. The number of hydrogen-bond donors (Lipinski definition) is 2. The van der Waals surface area contributed by atoms with Crippen LogP contribution in [0.4, 0.5) is 0 Å². The van der Waals surface area contributed by atoms with E-state index in [1.807, 2.05) is 0 Å². The lowest BCUT2D eigenvalue weighted by molar-refractivity contribution is -0.132. The molecule has 2 unspecified atom stereocenters. The molecular formula is C14H26N2O. The summed E-state index contributed by atoms with van der Waals surface area (Å²) in [7, 11) is 0. The number of rotatable bonds is 5. The second-order valence-electron chi connectivity index (χ2n) is 6.26. The van der Waals surface area contributed by atoms with Crippen LogP contribution in [-0.2, 0) is 4.79 Å². The second kappa shape index (κ2) is 4.97. The Kier molecular flexibility index (Phi) is 3.76. The Morgan fingerprint density at radius 2 is 2.12 bits per heavy atom. The summed E-state index contributed by atoms with van der Waals surface area (Å²) in [5.41, 5.74) is -0.163. The highest BCUT2D eigenvalue weighted by Gasteiger charge is 2.43. The molecule has 0 aromatic rings. The Bertz CT molecular complexity index is 278. The molecule has 1 amide bonds.